The zero-order valence-corrected chi connectivity index (χ0v) is 13.4. The fourth-order valence-corrected chi connectivity index (χ4v) is 2.92. The van der Waals surface area contributed by atoms with E-state index in [-0.39, 0.29) is 12.4 Å². The minimum absolute atomic E-state index is 0. The molecule has 5 heteroatoms. The predicted octanol–water partition coefficient (Wildman–Crippen LogP) is 2.40. The number of aromatic nitrogens is 2. The molecule has 2 aromatic rings. The number of hydrogen-bond donors (Lipinski definition) is 1. The van der Waals surface area contributed by atoms with E-state index in [4.69, 9.17) is 0 Å². The van der Waals surface area contributed by atoms with Gasteiger partial charge < -0.3 is 5.32 Å². The van der Waals surface area contributed by atoms with Crippen molar-refractivity contribution < 1.29 is 0 Å². The van der Waals surface area contributed by atoms with Crippen molar-refractivity contribution in [2.24, 2.45) is 0 Å². The number of nitrogens with zero attached hydrogens (tertiary/aromatic N) is 3. The van der Waals surface area contributed by atoms with Crippen LogP contribution in [0.25, 0.3) is 5.69 Å². The smallest absolute Gasteiger partial charge is 0.110 e. The summed E-state index contributed by atoms with van der Waals surface area (Å²) in [4.78, 5) is 7.00. The SMILES string of the molecule is Cc1ncc(CN2CCN[C@H](C)C2)n1-c1ccccc1.Cl. The number of para-hydroxylation sites is 1. The zero-order valence-electron chi connectivity index (χ0n) is 12.6. The Kier molecular flexibility index (Phi) is 5.39. The molecule has 0 radical (unpaired) electrons. The van der Waals surface area contributed by atoms with Crippen molar-refractivity contribution in [2.45, 2.75) is 26.4 Å². The van der Waals surface area contributed by atoms with Crippen LogP contribution in [-0.2, 0) is 6.54 Å². The highest BCUT2D eigenvalue weighted by molar-refractivity contribution is 5.85. The topological polar surface area (TPSA) is 33.1 Å². The molecule has 4 nitrogen and oxygen atoms in total. The molecular formula is C16H23ClN4. The van der Waals surface area contributed by atoms with Crippen molar-refractivity contribution in [2.75, 3.05) is 19.6 Å². The normalized spacial score (nSPS) is 19.2. The van der Waals surface area contributed by atoms with E-state index >= 15 is 0 Å². The fraction of sp³-hybridized carbons (Fsp3) is 0.438. The van der Waals surface area contributed by atoms with Gasteiger partial charge in [0.2, 0.25) is 0 Å². The summed E-state index contributed by atoms with van der Waals surface area (Å²) in [5.41, 5.74) is 2.46. The molecule has 1 fully saturated rings. The molecular weight excluding hydrogens is 284 g/mol. The summed E-state index contributed by atoms with van der Waals surface area (Å²) in [5, 5.41) is 3.49. The number of piperazine rings is 1. The number of rotatable bonds is 3. The van der Waals surface area contributed by atoms with Crippen molar-refractivity contribution in [3.63, 3.8) is 0 Å². The van der Waals surface area contributed by atoms with Gasteiger partial charge in [-0.2, -0.15) is 0 Å². The highest BCUT2D eigenvalue weighted by Gasteiger charge is 2.18. The largest absolute Gasteiger partial charge is 0.312 e. The van der Waals surface area contributed by atoms with E-state index in [0.717, 1.165) is 32.0 Å². The Balaban J connectivity index is 0.00000161. The van der Waals surface area contributed by atoms with Gasteiger partial charge in [-0.3, -0.25) is 9.47 Å². The van der Waals surface area contributed by atoms with E-state index in [1.165, 1.54) is 11.4 Å². The van der Waals surface area contributed by atoms with Gasteiger partial charge in [0.1, 0.15) is 5.82 Å². The van der Waals surface area contributed by atoms with Crippen LogP contribution in [0.2, 0.25) is 0 Å². The van der Waals surface area contributed by atoms with Crippen molar-refractivity contribution in [1.82, 2.24) is 19.8 Å². The quantitative estimate of drug-likeness (QED) is 0.945. The van der Waals surface area contributed by atoms with Crippen LogP contribution in [-0.4, -0.2) is 40.1 Å². The predicted molar refractivity (Wildman–Crippen MR) is 88.3 cm³/mol. The summed E-state index contributed by atoms with van der Waals surface area (Å²) in [6, 6.07) is 11.0. The number of nitrogens with one attached hydrogen (secondary N) is 1. The van der Waals surface area contributed by atoms with E-state index in [1.54, 1.807) is 0 Å². The van der Waals surface area contributed by atoms with Crippen molar-refractivity contribution in [3.05, 3.63) is 48.0 Å². The molecule has 114 valence electrons. The van der Waals surface area contributed by atoms with Crippen LogP contribution in [0, 0.1) is 6.92 Å². The third-order valence-corrected chi connectivity index (χ3v) is 3.86. The standard InChI is InChI=1S/C16H22N4.ClH/c1-13-11-19(9-8-17-13)12-16-10-18-14(2)20(16)15-6-4-3-5-7-15;/h3-7,10,13,17H,8-9,11-12H2,1-2H3;1H/t13-;/m1./s1. The van der Waals surface area contributed by atoms with Gasteiger partial charge in [-0.1, -0.05) is 18.2 Å². The summed E-state index contributed by atoms with van der Waals surface area (Å²) in [6.07, 6.45) is 2.01. The molecule has 1 aliphatic heterocycles. The summed E-state index contributed by atoms with van der Waals surface area (Å²) < 4.78 is 2.26. The molecule has 0 aliphatic carbocycles. The first-order valence-corrected chi connectivity index (χ1v) is 7.28. The number of hydrogen-bond acceptors (Lipinski definition) is 3. The van der Waals surface area contributed by atoms with E-state index in [1.807, 2.05) is 12.3 Å². The third-order valence-electron chi connectivity index (χ3n) is 3.86. The van der Waals surface area contributed by atoms with Crippen LogP contribution >= 0.6 is 12.4 Å². The zero-order chi connectivity index (χ0) is 13.9. The maximum atomic E-state index is 4.50. The molecule has 1 aliphatic rings. The molecule has 1 aromatic heterocycles. The summed E-state index contributed by atoms with van der Waals surface area (Å²) in [7, 11) is 0. The molecule has 1 atom stereocenters. The Hall–Kier alpha value is -1.36. The molecule has 3 rings (SSSR count). The molecule has 1 N–H and O–H groups in total. The summed E-state index contributed by atoms with van der Waals surface area (Å²) >= 11 is 0. The van der Waals surface area contributed by atoms with Gasteiger partial charge in [-0.25, -0.2) is 4.98 Å². The highest BCUT2D eigenvalue weighted by Crippen LogP contribution is 2.16. The second kappa shape index (κ2) is 7.07. The lowest BCUT2D eigenvalue weighted by atomic mass is 10.2. The first-order valence-electron chi connectivity index (χ1n) is 7.28. The molecule has 0 unspecified atom stereocenters. The molecule has 1 saturated heterocycles. The monoisotopic (exact) mass is 306 g/mol. The third kappa shape index (κ3) is 3.64. The first kappa shape index (κ1) is 16.0. The fourth-order valence-electron chi connectivity index (χ4n) is 2.92. The highest BCUT2D eigenvalue weighted by atomic mass is 35.5. The molecule has 0 bridgehead atoms. The molecule has 21 heavy (non-hydrogen) atoms. The number of halogens is 1. The second-order valence-corrected chi connectivity index (χ2v) is 5.56. The van der Waals surface area contributed by atoms with Crippen molar-refractivity contribution in [1.29, 1.82) is 0 Å². The number of aryl methyl sites for hydroxylation is 1. The van der Waals surface area contributed by atoms with Gasteiger partial charge in [-0.05, 0) is 26.0 Å². The Bertz CT molecular complexity index is 567. The van der Waals surface area contributed by atoms with Gasteiger partial charge in [0.05, 0.1) is 11.9 Å². The Morgan fingerprint density at radius 3 is 2.76 bits per heavy atom. The maximum Gasteiger partial charge on any atom is 0.110 e. The van der Waals surface area contributed by atoms with Crippen LogP contribution in [0.15, 0.2) is 36.5 Å². The van der Waals surface area contributed by atoms with E-state index < -0.39 is 0 Å². The Morgan fingerprint density at radius 1 is 1.29 bits per heavy atom. The van der Waals surface area contributed by atoms with E-state index in [9.17, 15) is 0 Å². The Morgan fingerprint density at radius 2 is 2.05 bits per heavy atom. The lowest BCUT2D eigenvalue weighted by Crippen LogP contribution is -2.48. The first-order chi connectivity index (χ1) is 9.74. The van der Waals surface area contributed by atoms with Crippen LogP contribution in [0.3, 0.4) is 0 Å². The van der Waals surface area contributed by atoms with Crippen LogP contribution < -0.4 is 5.32 Å². The van der Waals surface area contributed by atoms with Gasteiger partial charge in [-0.15, -0.1) is 12.4 Å². The second-order valence-electron chi connectivity index (χ2n) is 5.56. The average Bonchev–Trinajstić information content (AvgIpc) is 2.81. The maximum absolute atomic E-state index is 4.50. The van der Waals surface area contributed by atoms with Crippen LogP contribution in [0.5, 0.6) is 0 Å². The lowest BCUT2D eigenvalue weighted by molar-refractivity contribution is 0.197. The molecule has 0 saturated carbocycles. The minimum Gasteiger partial charge on any atom is -0.312 e. The molecule has 2 heterocycles. The number of imidazole rings is 1. The molecule has 0 amide bonds. The molecule has 0 spiro atoms. The van der Waals surface area contributed by atoms with Gasteiger partial charge >= 0.3 is 0 Å². The van der Waals surface area contributed by atoms with E-state index in [2.05, 4.69) is 57.9 Å². The van der Waals surface area contributed by atoms with Gasteiger partial charge in [0, 0.05) is 37.9 Å². The molecule has 1 aromatic carbocycles. The minimum atomic E-state index is 0. The lowest BCUT2D eigenvalue weighted by Gasteiger charge is -2.31. The Labute approximate surface area is 132 Å². The average molecular weight is 307 g/mol. The van der Waals surface area contributed by atoms with Gasteiger partial charge in [0.25, 0.3) is 0 Å². The van der Waals surface area contributed by atoms with Crippen molar-refractivity contribution >= 4 is 12.4 Å². The summed E-state index contributed by atoms with van der Waals surface area (Å²) in [6.45, 7) is 8.53. The van der Waals surface area contributed by atoms with E-state index in [0.29, 0.717) is 6.04 Å². The van der Waals surface area contributed by atoms with Crippen LogP contribution in [0.1, 0.15) is 18.4 Å². The van der Waals surface area contributed by atoms with Gasteiger partial charge in [0.15, 0.2) is 0 Å². The van der Waals surface area contributed by atoms with Crippen molar-refractivity contribution in [3.8, 4) is 5.69 Å². The van der Waals surface area contributed by atoms with Crippen LogP contribution in [0.4, 0.5) is 0 Å². The number of benzene rings is 1. The summed E-state index contributed by atoms with van der Waals surface area (Å²) in [5.74, 6) is 1.05.